The number of carboxylic acids is 1. The number of carboxylic acid groups (broad SMARTS) is 1. The van der Waals surface area contributed by atoms with E-state index < -0.39 is 59.5 Å². The highest BCUT2D eigenvalue weighted by molar-refractivity contribution is 7.93. The number of carbonyl (C=O) groups is 2. The van der Waals surface area contributed by atoms with Crippen molar-refractivity contribution in [1.29, 1.82) is 0 Å². The number of aromatic nitrogens is 2. The van der Waals surface area contributed by atoms with Crippen molar-refractivity contribution in [2.45, 2.75) is 103 Å². The molecule has 0 aliphatic carbocycles. The number of ether oxygens (including phenoxy) is 1. The summed E-state index contributed by atoms with van der Waals surface area (Å²) in [6.07, 6.45) is -7.09. The number of nitrogens with zero attached hydrogens (tertiary/aromatic N) is 2. The molecule has 0 saturated carbocycles. The van der Waals surface area contributed by atoms with E-state index in [2.05, 4.69) is 24.1 Å². The number of benzene rings is 2. The third kappa shape index (κ3) is 17.1. The number of rotatable bonds is 14. The van der Waals surface area contributed by atoms with Gasteiger partial charge in [-0.25, -0.2) is 9.97 Å². The van der Waals surface area contributed by atoms with Crippen LogP contribution in [0.25, 0.3) is 0 Å². The van der Waals surface area contributed by atoms with Crippen LogP contribution in [0.4, 0.5) is 37.7 Å². The molecule has 0 fully saturated rings. The molecule has 0 aliphatic heterocycles. The predicted molar refractivity (Wildman–Crippen MR) is 218 cm³/mol. The summed E-state index contributed by atoms with van der Waals surface area (Å²) in [5, 5.41) is 7.87. The van der Waals surface area contributed by atoms with Gasteiger partial charge in [-0.2, -0.15) is 43.2 Å². The van der Waals surface area contributed by atoms with E-state index in [4.69, 9.17) is 5.11 Å². The lowest BCUT2D eigenvalue weighted by Gasteiger charge is -2.16. The molecule has 5 N–H and O–H groups in total. The first kappa shape index (κ1) is 59.0. The van der Waals surface area contributed by atoms with Gasteiger partial charge in [-0.1, -0.05) is 67.8 Å². The molecule has 60 heavy (non-hydrogen) atoms. The Balaban J connectivity index is -0.00000100. The van der Waals surface area contributed by atoms with Crippen LogP contribution in [-0.4, -0.2) is 56.4 Å². The summed E-state index contributed by atoms with van der Waals surface area (Å²) in [5.41, 5.74) is -0.348. The normalized spacial score (nSPS) is 12.0. The fourth-order valence-corrected chi connectivity index (χ4v) is 6.99. The largest absolute Gasteiger partial charge is 0.481 e. The SMILES string of the molecule is C.C.C.C.CCC(CC(=O)O)c1cccc(NS(=O)(=O)c2ccc(C(F)(F)F)cn2)c1.CCC(CC(=O)OC)c1cccc(NS(=O)(=O)c2ccc(C(F)(F)F)cn2)c1.O. The van der Waals surface area contributed by atoms with Crippen LogP contribution < -0.4 is 9.44 Å². The molecule has 2 aromatic carbocycles. The molecule has 0 spiro atoms. The van der Waals surface area contributed by atoms with Crippen LogP contribution in [0.5, 0.6) is 0 Å². The quantitative estimate of drug-likeness (QED) is 0.0805. The first-order valence-electron chi connectivity index (χ1n) is 16.2. The minimum atomic E-state index is -4.61. The molecule has 0 aliphatic rings. The highest BCUT2D eigenvalue weighted by atomic mass is 32.2. The van der Waals surface area contributed by atoms with Crippen molar-refractivity contribution in [3.05, 3.63) is 107 Å². The zero-order chi connectivity index (χ0) is 41.2. The first-order chi connectivity index (χ1) is 25.6. The highest BCUT2D eigenvalue weighted by Crippen LogP contribution is 2.31. The van der Waals surface area contributed by atoms with Crippen LogP contribution in [0.1, 0.15) is 103 Å². The van der Waals surface area contributed by atoms with Crippen LogP contribution in [0.3, 0.4) is 0 Å². The van der Waals surface area contributed by atoms with Gasteiger partial charge in [0.15, 0.2) is 10.1 Å². The number of hydrogen-bond donors (Lipinski definition) is 3. The summed E-state index contributed by atoms with van der Waals surface area (Å²) in [7, 11) is -7.08. The van der Waals surface area contributed by atoms with Gasteiger partial charge in [0.05, 0.1) is 31.1 Å². The second kappa shape index (κ2) is 24.7. The lowest BCUT2D eigenvalue weighted by atomic mass is 9.93. The van der Waals surface area contributed by atoms with Crippen molar-refractivity contribution in [2.24, 2.45) is 0 Å². The minimum absolute atomic E-state index is 0. The van der Waals surface area contributed by atoms with Crippen molar-refractivity contribution in [2.75, 3.05) is 16.6 Å². The fraction of sp³-hybridized carbons (Fsp3) is 0.385. The Morgan fingerprint density at radius 3 is 1.32 bits per heavy atom. The summed E-state index contributed by atoms with van der Waals surface area (Å²) in [5.74, 6) is -1.81. The molecule has 2 heterocycles. The van der Waals surface area contributed by atoms with Crippen LogP contribution in [0.2, 0.25) is 0 Å². The summed E-state index contributed by atoms with van der Waals surface area (Å²) in [6, 6.07) is 15.5. The maximum Gasteiger partial charge on any atom is 0.417 e. The lowest BCUT2D eigenvalue weighted by Crippen LogP contribution is -2.16. The number of aliphatic carboxylic acids is 1. The Kier molecular flexibility index (Phi) is 24.3. The second-order valence-electron chi connectivity index (χ2n) is 11.8. The van der Waals surface area contributed by atoms with Gasteiger partial charge in [0.25, 0.3) is 20.0 Å². The van der Waals surface area contributed by atoms with E-state index in [1.165, 1.54) is 25.3 Å². The molecule has 13 nitrogen and oxygen atoms in total. The zero-order valence-corrected chi connectivity index (χ0v) is 31.5. The molecule has 0 bridgehead atoms. The number of anilines is 2. The number of alkyl halides is 6. The second-order valence-corrected chi connectivity index (χ2v) is 15.1. The summed E-state index contributed by atoms with van der Waals surface area (Å²) in [4.78, 5) is 29.3. The van der Waals surface area contributed by atoms with Gasteiger partial charge in [-0.3, -0.25) is 19.0 Å². The monoisotopic (exact) mass is 900 g/mol. The van der Waals surface area contributed by atoms with Crippen LogP contribution in [0.15, 0.2) is 95.2 Å². The number of pyridine rings is 2. The van der Waals surface area contributed by atoms with Crippen molar-refractivity contribution >= 4 is 43.4 Å². The minimum Gasteiger partial charge on any atom is -0.481 e. The number of carbonyl (C=O) groups excluding carboxylic acids is 1. The van der Waals surface area contributed by atoms with Gasteiger partial charge in [0.2, 0.25) is 0 Å². The zero-order valence-electron chi connectivity index (χ0n) is 29.8. The predicted octanol–water partition coefficient (Wildman–Crippen LogP) is 9.55. The van der Waals surface area contributed by atoms with E-state index in [9.17, 15) is 52.8 Å². The lowest BCUT2D eigenvalue weighted by molar-refractivity contribution is -0.141. The average Bonchev–Trinajstić information content (AvgIpc) is 3.12. The summed E-state index contributed by atoms with van der Waals surface area (Å²) < 4.78 is 134. The maximum absolute atomic E-state index is 12.6. The molecule has 0 saturated heterocycles. The standard InChI is InChI=1S/C18H19F3N2O4S.C17H17F3N2O4S.4CH4.H2O/c1-3-12(10-17(24)27-2)13-5-4-6-15(9-13)23-28(25,26)16-8-7-14(11-22-16)18(19,20)21;1-2-11(9-16(23)24)12-4-3-5-14(8-12)22-27(25,26)15-7-6-13(10-21-15)17(18,19)20;;;;;/h4-9,11-12,23H,3,10H2,1-2H3;3-8,10-11,22H,2,9H2,1H3,(H,23,24);4*1H4;1H2. The highest BCUT2D eigenvalue weighted by Gasteiger charge is 2.32. The Morgan fingerprint density at radius 1 is 0.667 bits per heavy atom. The number of nitrogens with one attached hydrogen (secondary N) is 2. The third-order valence-electron chi connectivity index (χ3n) is 7.95. The van der Waals surface area contributed by atoms with E-state index in [1.54, 1.807) is 30.3 Å². The summed E-state index contributed by atoms with van der Waals surface area (Å²) in [6.45, 7) is 3.70. The van der Waals surface area contributed by atoms with Gasteiger partial charge < -0.3 is 15.3 Å². The first-order valence-corrected chi connectivity index (χ1v) is 19.2. The van der Waals surface area contributed by atoms with E-state index in [0.29, 0.717) is 42.9 Å². The number of halogens is 6. The van der Waals surface area contributed by atoms with Crippen LogP contribution >= 0.6 is 0 Å². The van der Waals surface area contributed by atoms with Gasteiger partial charge in [0, 0.05) is 23.8 Å². The molecule has 2 atom stereocenters. The van der Waals surface area contributed by atoms with Crippen LogP contribution in [0, 0.1) is 0 Å². The molecular formula is C39H54F6N4O9S2. The van der Waals surface area contributed by atoms with Gasteiger partial charge in [-0.05, 0) is 84.3 Å². The smallest absolute Gasteiger partial charge is 0.417 e. The molecule has 0 amide bonds. The van der Waals surface area contributed by atoms with Crippen molar-refractivity contribution < 1.29 is 68.1 Å². The van der Waals surface area contributed by atoms with Crippen molar-refractivity contribution in [3.8, 4) is 0 Å². The number of esters is 1. The molecule has 0 radical (unpaired) electrons. The molecule has 4 rings (SSSR count). The summed E-state index contributed by atoms with van der Waals surface area (Å²) >= 11 is 0. The Bertz CT molecular complexity index is 2150. The Hall–Kier alpha value is -5.28. The van der Waals surface area contributed by atoms with Crippen molar-refractivity contribution in [1.82, 2.24) is 9.97 Å². The average molecular weight is 901 g/mol. The number of methoxy groups -OCH3 is 1. The topological polar surface area (TPSA) is 213 Å². The van der Waals surface area contributed by atoms with E-state index >= 15 is 0 Å². The molecule has 21 heteroatoms. The molecule has 2 unspecified atom stereocenters. The van der Waals surface area contributed by atoms with E-state index in [-0.39, 0.29) is 77.2 Å². The molecule has 338 valence electrons. The van der Waals surface area contributed by atoms with E-state index in [0.717, 1.165) is 17.7 Å². The van der Waals surface area contributed by atoms with Gasteiger partial charge >= 0.3 is 24.3 Å². The number of sulfonamides is 2. The number of hydrogen-bond acceptors (Lipinski definition) is 9. The maximum atomic E-state index is 12.6. The fourth-order valence-electron chi connectivity index (χ4n) is 5.03. The molecular weight excluding hydrogens is 847 g/mol. The molecule has 2 aromatic heterocycles. The Labute approximate surface area is 348 Å². The third-order valence-corrected chi connectivity index (χ3v) is 10.5. The van der Waals surface area contributed by atoms with Gasteiger partial charge in [-0.15, -0.1) is 0 Å². The molecule has 4 aromatic rings. The van der Waals surface area contributed by atoms with Gasteiger partial charge in [0.1, 0.15) is 0 Å². The van der Waals surface area contributed by atoms with Crippen LogP contribution in [-0.2, 0) is 46.7 Å². The van der Waals surface area contributed by atoms with Crippen molar-refractivity contribution in [3.63, 3.8) is 0 Å². The van der Waals surface area contributed by atoms with E-state index in [1.807, 2.05) is 13.8 Å². The Morgan fingerprint density at radius 2 is 1.03 bits per heavy atom.